The molecule has 0 saturated heterocycles. The Kier molecular flexibility index (Phi) is 2.77. The fourth-order valence-corrected chi connectivity index (χ4v) is 3.56. The van der Waals surface area contributed by atoms with Crippen LogP contribution in [0.15, 0.2) is 42.5 Å². The summed E-state index contributed by atoms with van der Waals surface area (Å²) >= 11 is 0. The summed E-state index contributed by atoms with van der Waals surface area (Å²) in [6.45, 7) is 0.181. The van der Waals surface area contributed by atoms with E-state index in [0.717, 1.165) is 12.0 Å². The Balaban J connectivity index is 1.87. The molecule has 1 aromatic carbocycles. The molecule has 2 aliphatic carbocycles. The van der Waals surface area contributed by atoms with Crippen molar-refractivity contribution >= 4 is 0 Å². The third kappa shape index (κ3) is 1.72. The molecule has 2 aliphatic rings. The summed E-state index contributed by atoms with van der Waals surface area (Å²) in [5, 5.41) is 20.0. The van der Waals surface area contributed by atoms with Gasteiger partial charge in [-0.2, -0.15) is 0 Å². The zero-order valence-electron chi connectivity index (χ0n) is 9.74. The van der Waals surface area contributed by atoms with E-state index in [1.54, 1.807) is 0 Å². The number of aliphatic hydroxyl groups is 2. The van der Waals surface area contributed by atoms with E-state index in [1.165, 1.54) is 0 Å². The highest BCUT2D eigenvalue weighted by Crippen LogP contribution is 2.52. The highest BCUT2D eigenvalue weighted by Gasteiger charge is 2.47. The second-order valence-electron chi connectivity index (χ2n) is 5.23. The molecule has 0 amide bonds. The van der Waals surface area contributed by atoms with Gasteiger partial charge >= 0.3 is 0 Å². The Morgan fingerprint density at radius 3 is 2.53 bits per heavy atom. The van der Waals surface area contributed by atoms with E-state index >= 15 is 0 Å². The van der Waals surface area contributed by atoms with Crippen LogP contribution in [0.2, 0.25) is 0 Å². The van der Waals surface area contributed by atoms with Gasteiger partial charge < -0.3 is 10.2 Å². The molecule has 1 aromatic rings. The Morgan fingerprint density at radius 2 is 1.82 bits per heavy atom. The first-order chi connectivity index (χ1) is 8.31. The summed E-state index contributed by atoms with van der Waals surface area (Å²) in [5.41, 5.74) is 0.969. The number of allylic oxidation sites excluding steroid dienone is 2. The van der Waals surface area contributed by atoms with Gasteiger partial charge in [-0.05, 0) is 29.7 Å². The van der Waals surface area contributed by atoms with Crippen molar-refractivity contribution in [1.29, 1.82) is 0 Å². The number of benzene rings is 1. The maximum Gasteiger partial charge on any atom is 0.0827 e. The van der Waals surface area contributed by atoms with Crippen LogP contribution in [0.5, 0.6) is 0 Å². The van der Waals surface area contributed by atoms with Crippen molar-refractivity contribution in [2.75, 3.05) is 6.61 Å². The smallest absolute Gasteiger partial charge is 0.0827 e. The highest BCUT2D eigenvalue weighted by atomic mass is 16.3. The van der Waals surface area contributed by atoms with E-state index in [4.69, 9.17) is 0 Å². The molecule has 0 spiro atoms. The van der Waals surface area contributed by atoms with Gasteiger partial charge in [0.2, 0.25) is 0 Å². The molecule has 0 aliphatic heterocycles. The van der Waals surface area contributed by atoms with E-state index in [2.05, 4.69) is 12.2 Å². The minimum absolute atomic E-state index is 0.178. The van der Waals surface area contributed by atoms with Gasteiger partial charge in [-0.15, -0.1) is 0 Å². The molecule has 0 heterocycles. The second kappa shape index (κ2) is 4.28. The molecule has 90 valence electrons. The summed E-state index contributed by atoms with van der Waals surface area (Å²) in [4.78, 5) is 0. The lowest BCUT2D eigenvalue weighted by atomic mass is 9.78. The monoisotopic (exact) mass is 230 g/mol. The lowest BCUT2D eigenvalue weighted by molar-refractivity contribution is 0.0408. The number of aliphatic hydroxyl groups excluding tert-OH is 2. The van der Waals surface area contributed by atoms with Crippen molar-refractivity contribution in [1.82, 2.24) is 0 Å². The second-order valence-corrected chi connectivity index (χ2v) is 5.23. The molecule has 3 rings (SSSR count). The quantitative estimate of drug-likeness (QED) is 0.781. The van der Waals surface area contributed by atoms with Crippen LogP contribution in [-0.4, -0.2) is 16.8 Å². The minimum Gasteiger partial charge on any atom is -0.396 e. The maximum atomic E-state index is 10.5. The van der Waals surface area contributed by atoms with Crippen molar-refractivity contribution in [2.24, 2.45) is 23.7 Å². The van der Waals surface area contributed by atoms with Crippen molar-refractivity contribution in [2.45, 2.75) is 12.5 Å². The zero-order valence-corrected chi connectivity index (χ0v) is 9.74. The third-order valence-electron chi connectivity index (χ3n) is 4.41. The summed E-state index contributed by atoms with van der Waals surface area (Å²) in [6, 6.07) is 9.80. The van der Waals surface area contributed by atoms with Crippen LogP contribution >= 0.6 is 0 Å². The SMILES string of the molecule is OC[C@@H]1[C@H]([C@H](O)c2ccccc2)[C@@H]2C=C[C@H]1C2. The summed E-state index contributed by atoms with van der Waals surface area (Å²) < 4.78 is 0. The van der Waals surface area contributed by atoms with Crippen LogP contribution in [0.3, 0.4) is 0 Å². The van der Waals surface area contributed by atoms with E-state index in [0.29, 0.717) is 11.8 Å². The Morgan fingerprint density at radius 1 is 1.12 bits per heavy atom. The average Bonchev–Trinajstić information content (AvgIpc) is 2.98. The number of hydrogen-bond donors (Lipinski definition) is 2. The number of rotatable bonds is 3. The molecule has 5 atom stereocenters. The van der Waals surface area contributed by atoms with Gasteiger partial charge in [-0.3, -0.25) is 0 Å². The number of fused-ring (bicyclic) bond motifs is 2. The molecule has 0 aromatic heterocycles. The average molecular weight is 230 g/mol. The summed E-state index contributed by atoms with van der Waals surface area (Å²) in [7, 11) is 0. The minimum atomic E-state index is -0.451. The molecule has 1 fully saturated rings. The van der Waals surface area contributed by atoms with Gasteiger partial charge in [0.25, 0.3) is 0 Å². The van der Waals surface area contributed by atoms with E-state index < -0.39 is 6.10 Å². The summed E-state index contributed by atoms with van der Waals surface area (Å²) in [6.07, 6.45) is 5.07. The van der Waals surface area contributed by atoms with Crippen LogP contribution in [-0.2, 0) is 0 Å². The van der Waals surface area contributed by atoms with E-state index in [1.807, 2.05) is 30.3 Å². The molecule has 17 heavy (non-hydrogen) atoms. The molecule has 1 saturated carbocycles. The molecule has 0 radical (unpaired) electrons. The van der Waals surface area contributed by atoms with Gasteiger partial charge in [0.15, 0.2) is 0 Å². The lowest BCUT2D eigenvalue weighted by Gasteiger charge is -2.31. The van der Waals surface area contributed by atoms with Crippen LogP contribution in [0.4, 0.5) is 0 Å². The fraction of sp³-hybridized carbons (Fsp3) is 0.467. The molecule has 0 unspecified atom stereocenters. The topological polar surface area (TPSA) is 40.5 Å². The molecular formula is C15H18O2. The predicted octanol–water partition coefficient (Wildman–Crippen LogP) is 2.15. The third-order valence-corrected chi connectivity index (χ3v) is 4.41. The van der Waals surface area contributed by atoms with Crippen LogP contribution in [0, 0.1) is 23.7 Å². The van der Waals surface area contributed by atoms with Gasteiger partial charge in [0.1, 0.15) is 0 Å². The first-order valence-corrected chi connectivity index (χ1v) is 6.33. The first-order valence-electron chi connectivity index (χ1n) is 6.33. The van der Waals surface area contributed by atoms with Gasteiger partial charge in [-0.1, -0.05) is 42.5 Å². The van der Waals surface area contributed by atoms with E-state index in [-0.39, 0.29) is 18.4 Å². The van der Waals surface area contributed by atoms with Crippen molar-refractivity contribution < 1.29 is 10.2 Å². The van der Waals surface area contributed by atoms with Crippen LogP contribution in [0.1, 0.15) is 18.1 Å². The Labute approximate surface area is 102 Å². The van der Waals surface area contributed by atoms with Crippen molar-refractivity contribution in [3.63, 3.8) is 0 Å². The molecule has 2 bridgehead atoms. The van der Waals surface area contributed by atoms with Crippen LogP contribution in [0.25, 0.3) is 0 Å². The highest BCUT2D eigenvalue weighted by molar-refractivity contribution is 5.23. The molecule has 2 heteroatoms. The maximum absolute atomic E-state index is 10.5. The lowest BCUT2D eigenvalue weighted by Crippen LogP contribution is -2.28. The Hall–Kier alpha value is -1.12. The molecule has 2 nitrogen and oxygen atoms in total. The molecule has 2 N–H and O–H groups in total. The predicted molar refractivity (Wildman–Crippen MR) is 66.2 cm³/mol. The van der Waals surface area contributed by atoms with Crippen LogP contribution < -0.4 is 0 Å². The van der Waals surface area contributed by atoms with Crippen molar-refractivity contribution in [3.05, 3.63) is 48.0 Å². The first kappa shape index (κ1) is 11.0. The van der Waals surface area contributed by atoms with Crippen molar-refractivity contribution in [3.8, 4) is 0 Å². The standard InChI is InChI=1S/C15H18O2/c16-9-13-11-6-7-12(8-11)14(13)15(17)10-4-2-1-3-5-10/h1-7,11-17H,8-9H2/t11-,12+,13-,14+,15+/m0/s1. The fourth-order valence-electron chi connectivity index (χ4n) is 3.56. The normalized spacial score (nSPS) is 36.4. The van der Waals surface area contributed by atoms with E-state index in [9.17, 15) is 10.2 Å². The largest absolute Gasteiger partial charge is 0.396 e. The van der Waals surface area contributed by atoms with Gasteiger partial charge in [-0.25, -0.2) is 0 Å². The molecular weight excluding hydrogens is 212 g/mol. The Bertz CT molecular complexity index is 412. The summed E-state index contributed by atoms with van der Waals surface area (Å²) in [5.74, 6) is 1.30. The zero-order chi connectivity index (χ0) is 11.8. The van der Waals surface area contributed by atoms with Gasteiger partial charge in [0, 0.05) is 12.5 Å². The number of hydrogen-bond acceptors (Lipinski definition) is 2. The van der Waals surface area contributed by atoms with Gasteiger partial charge in [0.05, 0.1) is 6.10 Å².